The van der Waals surface area contributed by atoms with Gasteiger partial charge in [0.2, 0.25) is 11.8 Å². The van der Waals surface area contributed by atoms with E-state index in [0.29, 0.717) is 28.3 Å². The number of phenolic OH excluding ortho intramolecular Hbond substituents is 1. The fraction of sp³-hybridized carbons (Fsp3) is 0.256. The van der Waals surface area contributed by atoms with E-state index < -0.39 is 62.9 Å². The molecule has 4 amide bonds. The van der Waals surface area contributed by atoms with Crippen molar-refractivity contribution >= 4 is 70.4 Å². The molecular formula is C43H35Cl2FN2O8. The summed E-state index contributed by atoms with van der Waals surface area (Å²) in [7, 11) is 4.55. The second kappa shape index (κ2) is 13.8. The van der Waals surface area contributed by atoms with Gasteiger partial charge in [0.1, 0.15) is 17.3 Å². The van der Waals surface area contributed by atoms with E-state index >= 15 is 0 Å². The number of aromatic hydroxyl groups is 1. The summed E-state index contributed by atoms with van der Waals surface area (Å²) in [6.07, 6.45) is 5.47. The molecule has 4 aromatic carbocycles. The van der Waals surface area contributed by atoms with Crippen LogP contribution in [-0.4, -0.2) is 59.8 Å². The first-order valence-electron chi connectivity index (χ1n) is 17.8. The number of hydrogen-bond acceptors (Lipinski definition) is 8. The smallest absolute Gasteiger partial charge is 0.258 e. The van der Waals surface area contributed by atoms with Gasteiger partial charge in [-0.2, -0.15) is 0 Å². The van der Waals surface area contributed by atoms with Crippen LogP contribution in [-0.2, 0) is 19.2 Å². The van der Waals surface area contributed by atoms with Crippen molar-refractivity contribution in [2.75, 3.05) is 31.1 Å². The molecule has 4 aromatic rings. The average molecular weight is 798 g/mol. The zero-order chi connectivity index (χ0) is 39.7. The predicted molar refractivity (Wildman–Crippen MR) is 209 cm³/mol. The Balaban J connectivity index is 1.16. The monoisotopic (exact) mass is 796 g/mol. The molecule has 13 heteroatoms. The van der Waals surface area contributed by atoms with E-state index in [1.807, 2.05) is 30.4 Å². The standard InChI is InChI=1S/C43H35Cl2FN2O8/c1-54-29-15-19-34(55-2)24(20-29)7-4-23-5-11-27(12-6-23)47-38(50)31-17-16-30-32(36(31)39(47)51)22-42(44)40(52)48(28-13-9-26(46)10-14-28)41(53)43(42,45)37(30)25-8-18-35(56-3)33(49)21-25/h4-16,18-21,31-32,36-37,49H,17,22H2,1-3H3/t31-,32+,36-,37-,42+,43-/m0/s1. The van der Waals surface area contributed by atoms with Crippen LogP contribution in [0.5, 0.6) is 23.0 Å². The molecule has 4 aliphatic rings. The summed E-state index contributed by atoms with van der Waals surface area (Å²) >= 11 is 14.9. The number of phenols is 1. The molecule has 2 aliphatic heterocycles. The van der Waals surface area contributed by atoms with Crippen molar-refractivity contribution in [3.05, 3.63) is 119 Å². The number of rotatable bonds is 8. The topological polar surface area (TPSA) is 123 Å². The number of amides is 4. The molecule has 2 aliphatic carbocycles. The van der Waals surface area contributed by atoms with Crippen molar-refractivity contribution in [1.82, 2.24) is 0 Å². The van der Waals surface area contributed by atoms with Gasteiger partial charge in [0, 0.05) is 11.5 Å². The van der Waals surface area contributed by atoms with Crippen molar-refractivity contribution in [2.24, 2.45) is 17.8 Å². The number of nitrogens with zero attached hydrogens (tertiary/aromatic N) is 2. The summed E-state index contributed by atoms with van der Waals surface area (Å²) in [6.45, 7) is 0. The molecule has 3 fully saturated rings. The first kappa shape index (κ1) is 37.3. The summed E-state index contributed by atoms with van der Waals surface area (Å²) < 4.78 is 30.0. The van der Waals surface area contributed by atoms with Gasteiger partial charge in [-0.1, -0.05) is 42.0 Å². The lowest BCUT2D eigenvalue weighted by Gasteiger charge is -2.50. The number of ether oxygens (including phenoxy) is 3. The summed E-state index contributed by atoms with van der Waals surface area (Å²) in [4.78, 5) is 55.5. The van der Waals surface area contributed by atoms with Gasteiger partial charge in [0.15, 0.2) is 21.2 Å². The molecule has 2 saturated heterocycles. The first-order chi connectivity index (χ1) is 26.9. The first-order valence-corrected chi connectivity index (χ1v) is 18.6. The number of imide groups is 2. The van der Waals surface area contributed by atoms with Crippen LogP contribution in [0.4, 0.5) is 15.8 Å². The highest BCUT2D eigenvalue weighted by Crippen LogP contribution is 2.66. The number of carbonyl (C=O) groups is 4. The molecule has 1 N–H and O–H groups in total. The van der Waals surface area contributed by atoms with Crippen LogP contribution in [0.2, 0.25) is 0 Å². The molecule has 0 radical (unpaired) electrons. The fourth-order valence-electron chi connectivity index (χ4n) is 8.80. The van der Waals surface area contributed by atoms with Gasteiger partial charge in [-0.05, 0) is 96.6 Å². The third-order valence-corrected chi connectivity index (χ3v) is 12.9. The van der Waals surface area contributed by atoms with E-state index in [1.165, 1.54) is 36.3 Å². The molecule has 286 valence electrons. The summed E-state index contributed by atoms with van der Waals surface area (Å²) in [6, 6.07) is 21.7. The average Bonchev–Trinajstić information content (AvgIpc) is 3.54. The molecule has 0 bridgehead atoms. The summed E-state index contributed by atoms with van der Waals surface area (Å²) in [5, 5.41) is 10.9. The van der Waals surface area contributed by atoms with E-state index in [9.17, 15) is 28.7 Å². The minimum Gasteiger partial charge on any atom is -0.504 e. The number of halogens is 3. The second-order valence-corrected chi connectivity index (χ2v) is 15.5. The molecule has 6 atom stereocenters. The number of methoxy groups -OCH3 is 3. The highest BCUT2D eigenvalue weighted by molar-refractivity contribution is 6.58. The molecule has 2 heterocycles. The Labute approximate surface area is 331 Å². The van der Waals surface area contributed by atoms with Gasteiger partial charge in [-0.15, -0.1) is 23.2 Å². The Bertz CT molecular complexity index is 2370. The Hall–Kier alpha value is -5.65. The van der Waals surface area contributed by atoms with Crippen LogP contribution >= 0.6 is 23.2 Å². The Morgan fingerprint density at radius 3 is 2.07 bits per heavy atom. The molecule has 56 heavy (non-hydrogen) atoms. The molecule has 0 unspecified atom stereocenters. The van der Waals surface area contributed by atoms with Crippen LogP contribution in [0, 0.1) is 23.6 Å². The number of allylic oxidation sites excluding steroid dienone is 2. The zero-order valence-electron chi connectivity index (χ0n) is 30.4. The maximum Gasteiger partial charge on any atom is 0.258 e. The SMILES string of the molecule is COc1ccc(OC)c(C=Cc2ccc(N3C(=O)[C@H]4[C@H](CC=C5[C@H]4C[C@@]4(Cl)C(=O)N(c6ccc(F)cc6)C(=O)[C@@]4(Cl)[C@H]5c4ccc(OC)c(O)c4)C3=O)cc2)c1. The van der Waals surface area contributed by atoms with E-state index in [0.717, 1.165) is 28.2 Å². The van der Waals surface area contributed by atoms with E-state index in [4.69, 9.17) is 37.4 Å². The number of carbonyl (C=O) groups excluding carboxylic acids is 4. The number of hydrogen-bond donors (Lipinski definition) is 1. The molecule has 1 saturated carbocycles. The quantitative estimate of drug-likeness (QED) is 0.0843. The van der Waals surface area contributed by atoms with E-state index in [2.05, 4.69) is 0 Å². The summed E-state index contributed by atoms with van der Waals surface area (Å²) in [5.74, 6) is -5.47. The van der Waals surface area contributed by atoms with Crippen molar-refractivity contribution in [1.29, 1.82) is 0 Å². The zero-order valence-corrected chi connectivity index (χ0v) is 31.9. The second-order valence-electron chi connectivity index (χ2n) is 14.2. The Morgan fingerprint density at radius 2 is 1.41 bits per heavy atom. The predicted octanol–water partition coefficient (Wildman–Crippen LogP) is 7.50. The largest absolute Gasteiger partial charge is 0.504 e. The lowest BCUT2D eigenvalue weighted by atomic mass is 9.56. The maximum absolute atomic E-state index is 14.6. The van der Waals surface area contributed by atoms with Crippen LogP contribution in [0.1, 0.15) is 35.4 Å². The van der Waals surface area contributed by atoms with Gasteiger partial charge < -0.3 is 19.3 Å². The molecule has 0 spiro atoms. The molecular weight excluding hydrogens is 762 g/mol. The molecule has 10 nitrogen and oxygen atoms in total. The number of alkyl halides is 2. The van der Waals surface area contributed by atoms with E-state index in [-0.39, 0.29) is 30.0 Å². The van der Waals surface area contributed by atoms with Crippen LogP contribution < -0.4 is 24.0 Å². The lowest BCUT2D eigenvalue weighted by Crippen LogP contribution is -2.60. The Morgan fingerprint density at radius 1 is 0.750 bits per heavy atom. The minimum atomic E-state index is -2.14. The Kier molecular flexibility index (Phi) is 9.20. The lowest BCUT2D eigenvalue weighted by molar-refractivity contribution is -0.125. The number of fused-ring (bicyclic) bond motifs is 4. The molecule has 8 rings (SSSR count). The normalized spacial score (nSPS) is 26.9. The van der Waals surface area contributed by atoms with Crippen LogP contribution in [0.15, 0.2) is 96.6 Å². The fourth-order valence-corrected chi connectivity index (χ4v) is 9.74. The van der Waals surface area contributed by atoms with Crippen molar-refractivity contribution < 1.29 is 42.9 Å². The number of anilines is 2. The highest BCUT2D eigenvalue weighted by atomic mass is 35.5. The van der Waals surface area contributed by atoms with Crippen LogP contribution in [0.25, 0.3) is 12.2 Å². The third-order valence-electron chi connectivity index (χ3n) is 11.5. The van der Waals surface area contributed by atoms with Crippen molar-refractivity contribution in [3.8, 4) is 23.0 Å². The van der Waals surface area contributed by atoms with Gasteiger partial charge in [0.05, 0.1) is 44.5 Å². The van der Waals surface area contributed by atoms with Gasteiger partial charge in [-0.25, -0.2) is 9.29 Å². The van der Waals surface area contributed by atoms with Crippen molar-refractivity contribution in [3.63, 3.8) is 0 Å². The van der Waals surface area contributed by atoms with Gasteiger partial charge >= 0.3 is 0 Å². The highest BCUT2D eigenvalue weighted by Gasteiger charge is 2.76. The van der Waals surface area contributed by atoms with E-state index in [1.54, 1.807) is 50.6 Å². The minimum absolute atomic E-state index is 0.0706. The third kappa shape index (κ3) is 5.50. The van der Waals surface area contributed by atoms with Crippen LogP contribution in [0.3, 0.4) is 0 Å². The van der Waals surface area contributed by atoms with Crippen molar-refractivity contribution in [2.45, 2.75) is 28.5 Å². The summed E-state index contributed by atoms with van der Waals surface area (Å²) in [5.41, 5.74) is 2.95. The van der Waals surface area contributed by atoms with Gasteiger partial charge in [-0.3, -0.25) is 24.1 Å². The maximum atomic E-state index is 14.6. The number of benzene rings is 4. The molecule has 0 aromatic heterocycles. The van der Waals surface area contributed by atoms with Gasteiger partial charge in [0.25, 0.3) is 11.8 Å².